The number of anilines is 2. The highest BCUT2D eigenvalue weighted by Gasteiger charge is 2.49. The van der Waals surface area contributed by atoms with Crippen LogP contribution in [0.2, 0.25) is 5.02 Å². The standard InChI is InChI=1S/C24H24ClFN4O4/c1-32-20-9-19-16(23(28-14-27-19)29-15-3-4-18(26)17(25)7-15)8-21(20)33-6-2-5-30-11-24(12-30)10-22(31)34-13-24/h3-4,7-9,14H,2,5-6,10-13H2,1H3,(H,27,28,29). The van der Waals surface area contributed by atoms with Crippen LogP contribution in [0.15, 0.2) is 36.7 Å². The third kappa shape index (κ3) is 4.58. The van der Waals surface area contributed by atoms with E-state index in [1.54, 1.807) is 19.2 Å². The smallest absolute Gasteiger partial charge is 0.306 e. The van der Waals surface area contributed by atoms with Crippen LogP contribution < -0.4 is 14.8 Å². The maximum Gasteiger partial charge on any atom is 0.306 e. The quantitative estimate of drug-likeness (QED) is 0.374. The second kappa shape index (κ2) is 9.23. The molecule has 0 radical (unpaired) electrons. The summed E-state index contributed by atoms with van der Waals surface area (Å²) in [5.41, 5.74) is 1.30. The van der Waals surface area contributed by atoms with Gasteiger partial charge in [0.05, 0.1) is 37.3 Å². The van der Waals surface area contributed by atoms with E-state index in [1.165, 1.54) is 18.5 Å². The Balaban J connectivity index is 1.25. The van der Waals surface area contributed by atoms with Crippen molar-refractivity contribution in [2.75, 3.05) is 45.3 Å². The van der Waals surface area contributed by atoms with Crippen LogP contribution in [0.1, 0.15) is 12.8 Å². The van der Waals surface area contributed by atoms with Crippen LogP contribution in [0.5, 0.6) is 11.5 Å². The van der Waals surface area contributed by atoms with Gasteiger partial charge in [0.1, 0.15) is 18.0 Å². The first-order chi connectivity index (χ1) is 16.4. The summed E-state index contributed by atoms with van der Waals surface area (Å²) in [6.07, 6.45) is 2.80. The van der Waals surface area contributed by atoms with Crippen LogP contribution >= 0.6 is 11.6 Å². The van der Waals surface area contributed by atoms with E-state index in [-0.39, 0.29) is 16.4 Å². The molecule has 0 amide bonds. The first kappa shape index (κ1) is 22.6. The Kier molecular flexibility index (Phi) is 6.14. The van der Waals surface area contributed by atoms with Crippen molar-refractivity contribution in [1.29, 1.82) is 0 Å². The van der Waals surface area contributed by atoms with Crippen molar-refractivity contribution in [1.82, 2.24) is 14.9 Å². The minimum absolute atomic E-state index is 0.0224. The molecule has 2 aliphatic heterocycles. The van der Waals surface area contributed by atoms with E-state index in [1.807, 2.05) is 6.07 Å². The number of methoxy groups -OCH3 is 1. The number of halogens is 2. The summed E-state index contributed by atoms with van der Waals surface area (Å²) >= 11 is 5.90. The molecule has 2 aliphatic rings. The van der Waals surface area contributed by atoms with Gasteiger partial charge < -0.3 is 24.4 Å². The number of benzene rings is 2. The number of nitrogens with one attached hydrogen (secondary N) is 1. The Morgan fingerprint density at radius 3 is 2.82 bits per heavy atom. The van der Waals surface area contributed by atoms with Crippen LogP contribution in [0, 0.1) is 11.2 Å². The van der Waals surface area contributed by atoms with E-state index < -0.39 is 5.82 Å². The molecule has 0 saturated carbocycles. The fraction of sp³-hybridized carbons (Fsp3) is 0.375. The summed E-state index contributed by atoms with van der Waals surface area (Å²) in [5, 5.41) is 3.92. The highest BCUT2D eigenvalue weighted by atomic mass is 35.5. The van der Waals surface area contributed by atoms with Crippen molar-refractivity contribution in [3.63, 3.8) is 0 Å². The number of fused-ring (bicyclic) bond motifs is 1. The average Bonchev–Trinajstić information content (AvgIpc) is 3.20. The van der Waals surface area contributed by atoms with Crippen molar-refractivity contribution in [2.45, 2.75) is 12.8 Å². The molecule has 2 fully saturated rings. The lowest BCUT2D eigenvalue weighted by molar-refractivity contribution is -0.137. The maximum atomic E-state index is 13.5. The zero-order valence-corrected chi connectivity index (χ0v) is 19.4. The second-order valence-corrected chi connectivity index (χ2v) is 9.15. The minimum atomic E-state index is -0.487. The SMILES string of the molecule is COc1cc2ncnc(Nc3ccc(F)c(Cl)c3)c2cc1OCCCN1CC2(COC(=O)C2)C1. The molecule has 10 heteroatoms. The number of esters is 1. The van der Waals surface area contributed by atoms with Gasteiger partial charge in [0, 0.05) is 42.2 Å². The molecular weight excluding hydrogens is 463 g/mol. The molecule has 34 heavy (non-hydrogen) atoms. The lowest BCUT2D eigenvalue weighted by atomic mass is 9.79. The van der Waals surface area contributed by atoms with E-state index in [0.717, 1.165) is 31.4 Å². The number of cyclic esters (lactones) is 1. The topological polar surface area (TPSA) is 85.8 Å². The number of hydrogen-bond donors (Lipinski definition) is 1. The number of nitrogens with zero attached hydrogens (tertiary/aromatic N) is 3. The van der Waals surface area contributed by atoms with E-state index in [4.69, 9.17) is 25.8 Å². The number of likely N-dealkylation sites (tertiary alicyclic amines) is 1. The minimum Gasteiger partial charge on any atom is -0.493 e. The molecule has 0 unspecified atom stereocenters. The third-order valence-electron chi connectivity index (χ3n) is 6.16. The van der Waals surface area contributed by atoms with Gasteiger partial charge in [0.25, 0.3) is 0 Å². The number of rotatable bonds is 8. The number of carbonyl (C=O) groups is 1. The Morgan fingerprint density at radius 1 is 1.24 bits per heavy atom. The molecule has 3 heterocycles. The molecule has 1 spiro atoms. The lowest BCUT2D eigenvalue weighted by Crippen LogP contribution is -2.56. The van der Waals surface area contributed by atoms with Gasteiger partial charge in [-0.1, -0.05) is 11.6 Å². The third-order valence-corrected chi connectivity index (χ3v) is 6.45. The molecule has 2 saturated heterocycles. The van der Waals surface area contributed by atoms with Crippen LogP contribution in [-0.2, 0) is 9.53 Å². The fourth-order valence-electron chi connectivity index (χ4n) is 4.52. The molecule has 0 atom stereocenters. The maximum absolute atomic E-state index is 13.5. The van der Waals surface area contributed by atoms with Gasteiger partial charge in [0.15, 0.2) is 11.5 Å². The number of hydrogen-bond acceptors (Lipinski definition) is 8. The number of carbonyl (C=O) groups excluding carboxylic acids is 1. The summed E-state index contributed by atoms with van der Waals surface area (Å²) in [4.78, 5) is 22.4. The highest BCUT2D eigenvalue weighted by Crippen LogP contribution is 2.39. The lowest BCUT2D eigenvalue weighted by Gasteiger charge is -2.46. The molecule has 3 aromatic rings. The van der Waals surface area contributed by atoms with Gasteiger partial charge in [-0.15, -0.1) is 0 Å². The highest BCUT2D eigenvalue weighted by molar-refractivity contribution is 6.31. The van der Waals surface area contributed by atoms with Crippen molar-refractivity contribution in [3.05, 3.63) is 47.5 Å². The normalized spacial score (nSPS) is 17.0. The van der Waals surface area contributed by atoms with Crippen LogP contribution in [0.4, 0.5) is 15.9 Å². The van der Waals surface area contributed by atoms with Crippen molar-refractivity contribution < 1.29 is 23.4 Å². The molecule has 178 valence electrons. The molecular formula is C24H24ClFN4O4. The number of aromatic nitrogens is 2. The number of ether oxygens (including phenoxy) is 3. The van der Waals surface area contributed by atoms with Gasteiger partial charge in [-0.25, -0.2) is 14.4 Å². The molecule has 0 aliphatic carbocycles. The summed E-state index contributed by atoms with van der Waals surface area (Å²) in [7, 11) is 1.58. The van der Waals surface area contributed by atoms with E-state index in [2.05, 4.69) is 20.2 Å². The fourth-order valence-corrected chi connectivity index (χ4v) is 4.70. The van der Waals surface area contributed by atoms with Crippen LogP contribution in [0.25, 0.3) is 10.9 Å². The molecule has 0 bridgehead atoms. The Hall–Kier alpha value is -3.17. The van der Waals surface area contributed by atoms with Crippen molar-refractivity contribution in [3.8, 4) is 11.5 Å². The Morgan fingerprint density at radius 2 is 2.09 bits per heavy atom. The summed E-state index contributed by atoms with van der Waals surface area (Å²) in [6, 6.07) is 8.01. The monoisotopic (exact) mass is 486 g/mol. The predicted molar refractivity (Wildman–Crippen MR) is 125 cm³/mol. The second-order valence-electron chi connectivity index (χ2n) is 8.75. The average molecular weight is 487 g/mol. The summed E-state index contributed by atoms with van der Waals surface area (Å²) in [5.74, 6) is 1.12. The molecule has 8 nitrogen and oxygen atoms in total. The van der Waals surface area contributed by atoms with Gasteiger partial charge in [-0.2, -0.15) is 0 Å². The first-order valence-corrected chi connectivity index (χ1v) is 11.4. The van der Waals surface area contributed by atoms with Crippen molar-refractivity contribution >= 4 is 40.0 Å². The van der Waals surface area contributed by atoms with E-state index in [9.17, 15) is 9.18 Å². The molecule has 2 aromatic carbocycles. The van der Waals surface area contributed by atoms with Gasteiger partial charge >= 0.3 is 5.97 Å². The first-order valence-electron chi connectivity index (χ1n) is 11.0. The van der Waals surface area contributed by atoms with Crippen LogP contribution in [-0.4, -0.2) is 60.8 Å². The largest absolute Gasteiger partial charge is 0.493 e. The van der Waals surface area contributed by atoms with E-state index in [0.29, 0.717) is 48.2 Å². The van der Waals surface area contributed by atoms with E-state index >= 15 is 0 Å². The van der Waals surface area contributed by atoms with Gasteiger partial charge in [-0.3, -0.25) is 4.79 Å². The van der Waals surface area contributed by atoms with Crippen LogP contribution in [0.3, 0.4) is 0 Å². The Labute approximate surface area is 201 Å². The summed E-state index contributed by atoms with van der Waals surface area (Å²) in [6.45, 7) is 3.70. The summed E-state index contributed by atoms with van der Waals surface area (Å²) < 4.78 is 30.2. The zero-order chi connectivity index (χ0) is 23.7. The molecule has 1 aromatic heterocycles. The van der Waals surface area contributed by atoms with Crippen molar-refractivity contribution in [2.24, 2.45) is 5.41 Å². The zero-order valence-electron chi connectivity index (χ0n) is 18.6. The Bertz CT molecular complexity index is 1240. The predicted octanol–water partition coefficient (Wildman–Crippen LogP) is 4.19. The molecule has 5 rings (SSSR count). The van der Waals surface area contributed by atoms with Gasteiger partial charge in [0.2, 0.25) is 0 Å². The molecule has 1 N–H and O–H groups in total. The van der Waals surface area contributed by atoms with Gasteiger partial charge in [-0.05, 0) is 30.7 Å².